The minimum absolute atomic E-state index is 0.856. The fourth-order valence-corrected chi connectivity index (χ4v) is 0.321. The summed E-state index contributed by atoms with van der Waals surface area (Å²) in [7, 11) is 0. The van der Waals surface area contributed by atoms with Gasteiger partial charge in [-0.15, -0.1) is 0 Å². The molecule has 0 aromatic heterocycles. The number of rotatable bonds is 0. The molecule has 0 radical (unpaired) electrons. The molecule has 0 heterocycles. The maximum atomic E-state index is 7.19. The molecule has 0 unspecified atom stereocenters. The van der Waals surface area contributed by atoms with Gasteiger partial charge in [0.15, 0.2) is 0 Å². The van der Waals surface area contributed by atoms with Gasteiger partial charge in [-0.1, -0.05) is 32.0 Å². The summed E-state index contributed by atoms with van der Waals surface area (Å²) in [6.45, 7) is 0. The first kappa shape index (κ1) is 0.800. The molecule has 0 aromatic carbocycles. The summed E-state index contributed by atoms with van der Waals surface area (Å²) in [5.74, 6) is 0. The quantitative estimate of drug-likeness (QED) is 0.413. The first-order chi connectivity index (χ1) is 4.55. The lowest BCUT2D eigenvalue weighted by Crippen LogP contribution is -1.47. The summed E-state index contributed by atoms with van der Waals surface area (Å²) < 4.78 is 35.9. The van der Waals surface area contributed by atoms with Gasteiger partial charge in [0.05, 0.1) is 0 Å². The Bertz CT molecular complexity index is 82.4. The van der Waals surface area contributed by atoms with Crippen LogP contribution in [0.2, 0.25) is 0 Å². The maximum absolute atomic E-state index is 7.19. The van der Waals surface area contributed by atoms with E-state index in [1.165, 1.54) is 0 Å². The lowest BCUT2D eigenvalue weighted by molar-refractivity contribution is 0.886. The second kappa shape index (κ2) is 1.44. The van der Waals surface area contributed by atoms with E-state index in [9.17, 15) is 0 Å². The van der Waals surface area contributed by atoms with Crippen molar-refractivity contribution in [1.82, 2.24) is 0 Å². The fourth-order valence-electron chi connectivity index (χ4n) is 0.321. The third-order valence-corrected chi connectivity index (χ3v) is 0.556. The van der Waals surface area contributed by atoms with Crippen LogP contribution in [-0.2, 0) is 0 Å². The molecule has 1 aliphatic carbocycles. The van der Waals surface area contributed by atoms with Crippen LogP contribution in [0.3, 0.4) is 0 Å². The number of hydrogen-bond acceptors (Lipinski definition) is 0. The summed E-state index contributed by atoms with van der Waals surface area (Å²) in [5, 5.41) is 0. The van der Waals surface area contributed by atoms with Crippen molar-refractivity contribution in [3.05, 3.63) is 0 Å². The van der Waals surface area contributed by atoms with Crippen LogP contribution in [0.5, 0.6) is 0 Å². The lowest BCUT2D eigenvalue weighted by atomic mass is 10.4. The van der Waals surface area contributed by atoms with E-state index >= 15 is 0 Å². The molecule has 0 saturated heterocycles. The molecule has 5 heavy (non-hydrogen) atoms. The van der Waals surface area contributed by atoms with Gasteiger partial charge < -0.3 is 0 Å². The van der Waals surface area contributed by atoms with Crippen molar-refractivity contribution >= 4 is 0 Å². The zero-order valence-corrected chi connectivity index (χ0v) is 2.89. The Morgan fingerprint density at radius 2 is 1.00 bits per heavy atom. The molecule has 1 rings (SSSR count). The van der Waals surface area contributed by atoms with Crippen molar-refractivity contribution in [2.24, 2.45) is 0 Å². The average molecular weight is 75.2 g/mol. The van der Waals surface area contributed by atoms with Crippen LogP contribution >= 0.6 is 0 Å². The molecule has 0 atom stereocenters. The Balaban J connectivity index is 2.68. The van der Waals surface area contributed by atoms with E-state index in [0.29, 0.717) is 0 Å². The van der Waals surface area contributed by atoms with Gasteiger partial charge >= 0.3 is 0 Å². The predicted octanol–water partition coefficient (Wildman–Crippen LogP) is 1.95. The zero-order valence-electron chi connectivity index (χ0n) is 7.89. The molecular weight excluding hydrogens is 60.1 g/mol. The summed E-state index contributed by atoms with van der Waals surface area (Å²) in [5.41, 5.74) is 0. The van der Waals surface area contributed by atoms with Crippen molar-refractivity contribution in [3.63, 3.8) is 0 Å². The van der Waals surface area contributed by atoms with Gasteiger partial charge in [-0.25, -0.2) is 0 Å². The molecule has 0 spiro atoms. The van der Waals surface area contributed by atoms with Crippen molar-refractivity contribution in [1.29, 1.82) is 0 Å². The van der Waals surface area contributed by atoms with Crippen LogP contribution in [0, 0.1) is 0 Å². The van der Waals surface area contributed by atoms with Gasteiger partial charge in [-0.2, -0.15) is 0 Å². The molecule has 0 aliphatic heterocycles. The minimum atomic E-state index is -0.856. The SMILES string of the molecule is [2H]C1C([2H])C([2H])C([2H])C1[2H]. The first-order valence-electron chi connectivity index (χ1n) is 4.55. The van der Waals surface area contributed by atoms with E-state index in [4.69, 9.17) is 6.85 Å². The molecule has 0 bridgehead atoms. The fraction of sp³-hybridized carbons (Fsp3) is 1.00. The Kier molecular flexibility index (Phi) is 0.230. The van der Waals surface area contributed by atoms with E-state index in [1.807, 2.05) is 0 Å². The highest BCUT2D eigenvalue weighted by Gasteiger charge is 1.95. The van der Waals surface area contributed by atoms with E-state index in [1.54, 1.807) is 0 Å². The Labute approximate surface area is 40.2 Å². The van der Waals surface area contributed by atoms with Gasteiger partial charge in [-0.3, -0.25) is 0 Å². The molecule has 0 aromatic rings. The average Bonchev–Trinajstić information content (AvgIpc) is 2.07. The maximum Gasteiger partial charge on any atom is 0.0267 e. The van der Waals surface area contributed by atoms with Crippen LogP contribution in [0.25, 0.3) is 0 Å². The normalized spacial score (nSPS) is 112. The van der Waals surface area contributed by atoms with Crippen LogP contribution in [-0.4, -0.2) is 0 Å². The molecule has 30 valence electrons. The molecule has 0 N–H and O–H groups in total. The Morgan fingerprint density at radius 3 is 1.20 bits per heavy atom. The highest BCUT2D eigenvalue weighted by molar-refractivity contribution is 4.51. The van der Waals surface area contributed by atoms with Crippen LogP contribution < -0.4 is 0 Å². The highest BCUT2D eigenvalue weighted by Crippen LogP contribution is 2.15. The van der Waals surface area contributed by atoms with Crippen molar-refractivity contribution < 1.29 is 6.85 Å². The molecule has 1 fully saturated rings. The molecule has 1 saturated carbocycles. The van der Waals surface area contributed by atoms with Crippen molar-refractivity contribution in [2.45, 2.75) is 32.0 Å². The van der Waals surface area contributed by atoms with Gasteiger partial charge in [0.25, 0.3) is 0 Å². The van der Waals surface area contributed by atoms with Gasteiger partial charge in [0.2, 0.25) is 0 Å². The molecule has 0 heteroatoms. The standard InChI is InChI=1S/C5H10/c1-2-4-5-3-1/h1-5H2/i1D,2D,3D,4D,5D. The van der Waals surface area contributed by atoms with E-state index in [0.717, 1.165) is 0 Å². The molecule has 0 amide bonds. The zero-order chi connectivity index (χ0) is 7.89. The van der Waals surface area contributed by atoms with E-state index in [-0.39, 0.29) is 0 Å². The third-order valence-electron chi connectivity index (χ3n) is 0.556. The van der Waals surface area contributed by atoms with Gasteiger partial charge in [-0.05, 0) is 0 Å². The van der Waals surface area contributed by atoms with Crippen LogP contribution in [0.1, 0.15) is 38.8 Å². The summed E-state index contributed by atoms with van der Waals surface area (Å²) in [4.78, 5) is 0. The lowest BCUT2D eigenvalue weighted by Gasteiger charge is -1.67. The first-order valence-corrected chi connectivity index (χ1v) is 1.67. The second-order valence-corrected chi connectivity index (χ2v) is 0.962. The van der Waals surface area contributed by atoms with Crippen LogP contribution in [0.15, 0.2) is 0 Å². The topological polar surface area (TPSA) is 0 Å². The predicted molar refractivity (Wildman–Crippen MR) is 23.1 cm³/mol. The molecule has 0 nitrogen and oxygen atoms in total. The Morgan fingerprint density at radius 1 is 0.800 bits per heavy atom. The van der Waals surface area contributed by atoms with Crippen molar-refractivity contribution in [3.8, 4) is 0 Å². The largest absolute Gasteiger partial charge is 0.0533 e. The van der Waals surface area contributed by atoms with Crippen molar-refractivity contribution in [2.75, 3.05) is 0 Å². The second-order valence-electron chi connectivity index (χ2n) is 0.962. The third kappa shape index (κ3) is 0.640. The van der Waals surface area contributed by atoms with Crippen LogP contribution in [0.4, 0.5) is 0 Å². The van der Waals surface area contributed by atoms with E-state index < -0.39 is 32.0 Å². The summed E-state index contributed by atoms with van der Waals surface area (Å²) in [6.07, 6.45) is -4.28. The van der Waals surface area contributed by atoms with E-state index in [2.05, 4.69) is 0 Å². The van der Waals surface area contributed by atoms with Gasteiger partial charge in [0.1, 0.15) is 0 Å². The minimum Gasteiger partial charge on any atom is -0.0533 e. The highest BCUT2D eigenvalue weighted by atomic mass is 14.0. The Hall–Kier alpha value is 0. The molecular formula is C5H10. The monoisotopic (exact) mass is 75.1 g/mol. The van der Waals surface area contributed by atoms with Gasteiger partial charge in [0, 0.05) is 6.85 Å². The summed E-state index contributed by atoms with van der Waals surface area (Å²) in [6, 6.07) is 0. The molecule has 1 aliphatic rings. The summed E-state index contributed by atoms with van der Waals surface area (Å²) >= 11 is 0. The number of hydrogen-bond donors (Lipinski definition) is 0. The smallest absolute Gasteiger partial charge is 0.0267 e.